The second-order valence-corrected chi connectivity index (χ2v) is 5.46. The Balaban J connectivity index is 2.49. The molecule has 0 aromatic carbocycles. The molecule has 0 aromatic heterocycles. The van der Waals surface area contributed by atoms with Crippen molar-refractivity contribution < 1.29 is 8.42 Å². The van der Waals surface area contributed by atoms with E-state index in [1.807, 2.05) is 0 Å². The predicted molar refractivity (Wildman–Crippen MR) is 49.4 cm³/mol. The van der Waals surface area contributed by atoms with E-state index in [2.05, 4.69) is 6.58 Å². The highest BCUT2D eigenvalue weighted by molar-refractivity contribution is 7.90. The molecule has 0 radical (unpaired) electrons. The van der Waals surface area contributed by atoms with E-state index in [0.717, 1.165) is 19.3 Å². The molecule has 70 valence electrons. The van der Waals surface area contributed by atoms with Gasteiger partial charge in [0.1, 0.15) is 0 Å². The van der Waals surface area contributed by atoms with E-state index < -0.39 is 10.0 Å². The van der Waals surface area contributed by atoms with Crippen LogP contribution in [0.5, 0.6) is 0 Å². The highest BCUT2D eigenvalue weighted by Crippen LogP contribution is 2.30. The van der Waals surface area contributed by atoms with Crippen LogP contribution in [0.25, 0.3) is 0 Å². The van der Waals surface area contributed by atoms with E-state index in [0.29, 0.717) is 6.54 Å². The highest BCUT2D eigenvalue weighted by atomic mass is 32.2. The first-order chi connectivity index (χ1) is 5.59. The summed E-state index contributed by atoms with van der Waals surface area (Å²) in [7, 11) is -1.32. The van der Waals surface area contributed by atoms with E-state index >= 15 is 0 Å². The summed E-state index contributed by atoms with van der Waals surface area (Å²) in [6.45, 7) is 4.11. The van der Waals surface area contributed by atoms with Crippen molar-refractivity contribution in [2.45, 2.75) is 24.5 Å². The van der Waals surface area contributed by atoms with Crippen LogP contribution in [0.15, 0.2) is 12.7 Å². The van der Waals surface area contributed by atoms with E-state index in [4.69, 9.17) is 0 Å². The summed E-state index contributed by atoms with van der Waals surface area (Å²) in [6, 6.07) is 0. The van der Waals surface area contributed by atoms with Crippen molar-refractivity contribution in [2.24, 2.45) is 0 Å². The molecular formula is C8H15NO2S. The Morgan fingerprint density at radius 2 is 2.17 bits per heavy atom. The topological polar surface area (TPSA) is 37.4 Å². The second kappa shape index (κ2) is 3.58. The van der Waals surface area contributed by atoms with Gasteiger partial charge in [-0.1, -0.05) is 6.08 Å². The van der Waals surface area contributed by atoms with E-state index in [1.54, 1.807) is 13.1 Å². The SMILES string of the molecule is C=CCCN(C)S(=O)(=O)C1CC1. The maximum absolute atomic E-state index is 11.5. The molecule has 1 rings (SSSR count). The van der Waals surface area contributed by atoms with Gasteiger partial charge in [-0.2, -0.15) is 0 Å². The molecule has 4 heteroatoms. The molecule has 0 spiro atoms. The number of nitrogens with zero attached hydrogens (tertiary/aromatic N) is 1. The molecule has 0 aliphatic heterocycles. The second-order valence-electron chi connectivity index (χ2n) is 3.14. The van der Waals surface area contributed by atoms with Gasteiger partial charge in [-0.15, -0.1) is 6.58 Å². The van der Waals surface area contributed by atoms with Gasteiger partial charge in [0.05, 0.1) is 5.25 Å². The fraction of sp³-hybridized carbons (Fsp3) is 0.750. The van der Waals surface area contributed by atoms with Crippen molar-refractivity contribution in [3.63, 3.8) is 0 Å². The van der Waals surface area contributed by atoms with Gasteiger partial charge in [-0.3, -0.25) is 0 Å². The average molecular weight is 189 g/mol. The molecule has 0 unspecified atom stereocenters. The predicted octanol–water partition coefficient (Wildman–Crippen LogP) is 0.987. The largest absolute Gasteiger partial charge is 0.216 e. The van der Waals surface area contributed by atoms with Crippen LogP contribution in [0.2, 0.25) is 0 Å². The number of sulfonamides is 1. The number of hydrogen-bond acceptors (Lipinski definition) is 2. The third kappa shape index (κ3) is 2.08. The zero-order chi connectivity index (χ0) is 9.19. The van der Waals surface area contributed by atoms with Gasteiger partial charge >= 0.3 is 0 Å². The van der Waals surface area contributed by atoms with Crippen LogP contribution in [-0.4, -0.2) is 31.6 Å². The number of hydrogen-bond donors (Lipinski definition) is 0. The van der Waals surface area contributed by atoms with Crippen LogP contribution >= 0.6 is 0 Å². The minimum Gasteiger partial charge on any atom is -0.212 e. The fourth-order valence-corrected chi connectivity index (χ4v) is 2.62. The summed E-state index contributed by atoms with van der Waals surface area (Å²) in [6.07, 6.45) is 4.13. The first-order valence-corrected chi connectivity index (χ1v) is 5.65. The van der Waals surface area contributed by atoms with E-state index in [9.17, 15) is 8.42 Å². The lowest BCUT2D eigenvalue weighted by molar-refractivity contribution is 0.474. The van der Waals surface area contributed by atoms with Crippen LogP contribution in [0, 0.1) is 0 Å². The molecule has 0 amide bonds. The molecular weight excluding hydrogens is 174 g/mol. The Morgan fingerprint density at radius 3 is 2.58 bits per heavy atom. The lowest BCUT2D eigenvalue weighted by atomic mass is 10.4. The maximum Gasteiger partial charge on any atom is 0.216 e. The van der Waals surface area contributed by atoms with Crippen LogP contribution in [0.1, 0.15) is 19.3 Å². The number of rotatable bonds is 5. The lowest BCUT2D eigenvalue weighted by Crippen LogP contribution is -2.30. The van der Waals surface area contributed by atoms with E-state index in [1.165, 1.54) is 4.31 Å². The van der Waals surface area contributed by atoms with Crippen molar-refractivity contribution in [3.8, 4) is 0 Å². The summed E-state index contributed by atoms with van der Waals surface area (Å²) >= 11 is 0. The van der Waals surface area contributed by atoms with E-state index in [-0.39, 0.29) is 5.25 Å². The Morgan fingerprint density at radius 1 is 1.58 bits per heavy atom. The molecule has 0 aromatic rings. The molecule has 0 saturated heterocycles. The molecule has 0 N–H and O–H groups in total. The zero-order valence-electron chi connectivity index (χ0n) is 7.36. The fourth-order valence-electron chi connectivity index (χ4n) is 1.02. The minimum absolute atomic E-state index is 0.0904. The average Bonchev–Trinajstić information content (AvgIpc) is 2.81. The van der Waals surface area contributed by atoms with Crippen LogP contribution in [0.4, 0.5) is 0 Å². The smallest absolute Gasteiger partial charge is 0.212 e. The van der Waals surface area contributed by atoms with Crippen molar-refractivity contribution in [1.29, 1.82) is 0 Å². The molecule has 0 bridgehead atoms. The molecule has 1 aliphatic rings. The minimum atomic E-state index is -2.95. The van der Waals surface area contributed by atoms with Gasteiger partial charge in [0.2, 0.25) is 10.0 Å². The molecule has 12 heavy (non-hydrogen) atoms. The Hall–Kier alpha value is -0.350. The van der Waals surface area contributed by atoms with Crippen molar-refractivity contribution in [3.05, 3.63) is 12.7 Å². The van der Waals surface area contributed by atoms with Crippen LogP contribution < -0.4 is 0 Å². The maximum atomic E-state index is 11.5. The first-order valence-electron chi connectivity index (χ1n) is 4.15. The van der Waals surface area contributed by atoms with Crippen LogP contribution in [0.3, 0.4) is 0 Å². The van der Waals surface area contributed by atoms with Gasteiger partial charge in [0.25, 0.3) is 0 Å². The normalized spacial score (nSPS) is 18.2. The third-order valence-corrected chi connectivity index (χ3v) is 4.39. The molecule has 0 heterocycles. The Labute approximate surface area is 74.1 Å². The standard InChI is InChI=1S/C8H15NO2S/c1-3-4-7-9(2)12(10,11)8-5-6-8/h3,8H,1,4-7H2,2H3. The third-order valence-electron chi connectivity index (χ3n) is 2.03. The molecule has 3 nitrogen and oxygen atoms in total. The lowest BCUT2D eigenvalue weighted by Gasteiger charge is -2.15. The molecule has 1 aliphatic carbocycles. The molecule has 0 atom stereocenters. The first kappa shape index (κ1) is 9.74. The van der Waals surface area contributed by atoms with Crippen LogP contribution in [-0.2, 0) is 10.0 Å². The van der Waals surface area contributed by atoms with Gasteiger partial charge in [-0.25, -0.2) is 12.7 Å². The van der Waals surface area contributed by atoms with Gasteiger partial charge < -0.3 is 0 Å². The summed E-state index contributed by atoms with van der Waals surface area (Å²) in [5, 5.41) is -0.0904. The summed E-state index contributed by atoms with van der Waals surface area (Å²) < 4.78 is 24.4. The van der Waals surface area contributed by atoms with Crippen molar-refractivity contribution >= 4 is 10.0 Å². The highest BCUT2D eigenvalue weighted by Gasteiger charge is 2.38. The monoisotopic (exact) mass is 189 g/mol. The van der Waals surface area contributed by atoms with Crippen molar-refractivity contribution in [2.75, 3.05) is 13.6 Å². The van der Waals surface area contributed by atoms with Crippen molar-refractivity contribution in [1.82, 2.24) is 4.31 Å². The zero-order valence-corrected chi connectivity index (χ0v) is 8.18. The summed E-state index contributed by atoms with van der Waals surface area (Å²) in [5.74, 6) is 0. The molecule has 1 saturated carbocycles. The Kier molecular flexibility index (Phi) is 2.90. The summed E-state index contributed by atoms with van der Waals surface area (Å²) in [5.41, 5.74) is 0. The van der Waals surface area contributed by atoms with Gasteiger partial charge in [-0.05, 0) is 19.3 Å². The quantitative estimate of drug-likeness (QED) is 0.605. The Bertz CT molecular complexity index is 254. The summed E-state index contributed by atoms with van der Waals surface area (Å²) in [4.78, 5) is 0. The van der Waals surface area contributed by atoms with Gasteiger partial charge in [0.15, 0.2) is 0 Å². The molecule has 1 fully saturated rings. The van der Waals surface area contributed by atoms with Gasteiger partial charge in [0, 0.05) is 13.6 Å².